The second kappa shape index (κ2) is 8.07. The molecule has 0 spiro atoms. The van der Waals surface area contributed by atoms with Crippen LogP contribution in [0.3, 0.4) is 0 Å². The molecule has 3 amide bonds. The van der Waals surface area contributed by atoms with E-state index < -0.39 is 5.54 Å². The molecule has 2 aromatic carbocycles. The molecule has 0 bridgehead atoms. The van der Waals surface area contributed by atoms with Crippen molar-refractivity contribution in [2.24, 2.45) is 0 Å². The van der Waals surface area contributed by atoms with Crippen LogP contribution in [0, 0.1) is 0 Å². The summed E-state index contributed by atoms with van der Waals surface area (Å²) in [5, 5.41) is 5.04. The maximum atomic E-state index is 13.5. The Labute approximate surface area is 191 Å². The zero-order chi connectivity index (χ0) is 22.3. The molecule has 1 fully saturated rings. The van der Waals surface area contributed by atoms with Crippen LogP contribution >= 0.6 is 11.3 Å². The van der Waals surface area contributed by atoms with E-state index in [0.717, 1.165) is 18.5 Å². The second-order valence-corrected chi connectivity index (χ2v) is 9.34. The molecule has 0 radical (unpaired) electrons. The summed E-state index contributed by atoms with van der Waals surface area (Å²) in [5.41, 5.74) is 2.00. The number of ether oxygens (including phenoxy) is 1. The van der Waals surface area contributed by atoms with Gasteiger partial charge in [-0.15, -0.1) is 11.3 Å². The molecule has 3 heterocycles. The van der Waals surface area contributed by atoms with E-state index >= 15 is 0 Å². The maximum Gasteiger partial charge on any atom is 0.326 e. The Hall–Kier alpha value is -3.16. The number of carbonyl (C=O) groups excluding carboxylic acids is 2. The Balaban J connectivity index is 1.45. The minimum absolute atomic E-state index is 0.00970. The molecule has 32 heavy (non-hydrogen) atoms. The van der Waals surface area contributed by atoms with Crippen LogP contribution in [0.25, 0.3) is 0 Å². The van der Waals surface area contributed by atoms with E-state index in [4.69, 9.17) is 4.74 Å². The quantitative estimate of drug-likeness (QED) is 0.598. The monoisotopic (exact) mass is 447 g/mol. The average molecular weight is 448 g/mol. The molecule has 1 saturated heterocycles. The number of hydrogen-bond acceptors (Lipinski definition) is 5. The highest BCUT2D eigenvalue weighted by Crippen LogP contribution is 2.39. The first kappa shape index (κ1) is 20.7. The third kappa shape index (κ3) is 3.38. The first-order chi connectivity index (χ1) is 15.5. The van der Waals surface area contributed by atoms with Gasteiger partial charge in [0.25, 0.3) is 5.91 Å². The van der Waals surface area contributed by atoms with Crippen LogP contribution in [0.15, 0.2) is 66.0 Å². The lowest BCUT2D eigenvalue weighted by Crippen LogP contribution is -2.47. The van der Waals surface area contributed by atoms with Gasteiger partial charge in [0.1, 0.15) is 11.3 Å². The van der Waals surface area contributed by atoms with E-state index in [2.05, 4.69) is 33.8 Å². The Morgan fingerprint density at radius 2 is 1.94 bits per heavy atom. The average Bonchev–Trinajstić information content (AvgIpc) is 3.38. The van der Waals surface area contributed by atoms with Crippen molar-refractivity contribution in [2.75, 3.05) is 20.3 Å². The third-order valence-electron chi connectivity index (χ3n) is 6.43. The van der Waals surface area contributed by atoms with Crippen molar-refractivity contribution < 1.29 is 14.3 Å². The van der Waals surface area contributed by atoms with Gasteiger partial charge < -0.3 is 10.1 Å². The molecule has 3 aromatic rings. The number of urea groups is 1. The lowest BCUT2D eigenvalue weighted by Gasteiger charge is -2.37. The topological polar surface area (TPSA) is 61.9 Å². The van der Waals surface area contributed by atoms with E-state index in [-0.39, 0.29) is 24.6 Å². The van der Waals surface area contributed by atoms with Gasteiger partial charge in [0.15, 0.2) is 0 Å². The number of carbonyl (C=O) groups is 2. The van der Waals surface area contributed by atoms with E-state index in [9.17, 15) is 9.59 Å². The summed E-state index contributed by atoms with van der Waals surface area (Å²) in [7, 11) is 1.58. The minimum atomic E-state index is -1.13. The largest absolute Gasteiger partial charge is 0.497 e. The number of thiophene rings is 1. The second-order valence-electron chi connectivity index (χ2n) is 8.34. The molecule has 5 rings (SSSR count). The third-order valence-corrected chi connectivity index (χ3v) is 7.42. The Morgan fingerprint density at radius 1 is 1.12 bits per heavy atom. The number of methoxy groups -OCH3 is 1. The predicted octanol–water partition coefficient (Wildman–Crippen LogP) is 4.13. The van der Waals surface area contributed by atoms with Crippen LogP contribution in [-0.4, -0.2) is 42.1 Å². The van der Waals surface area contributed by atoms with Gasteiger partial charge in [0, 0.05) is 11.4 Å². The molecule has 7 heteroatoms. The minimum Gasteiger partial charge on any atom is -0.497 e. The van der Waals surface area contributed by atoms with E-state index in [1.165, 1.54) is 15.3 Å². The summed E-state index contributed by atoms with van der Waals surface area (Å²) < 4.78 is 5.31. The van der Waals surface area contributed by atoms with Crippen molar-refractivity contribution in [3.63, 3.8) is 0 Å². The van der Waals surface area contributed by atoms with E-state index in [0.29, 0.717) is 11.3 Å². The Morgan fingerprint density at radius 3 is 2.72 bits per heavy atom. The molecular weight excluding hydrogens is 422 g/mol. The van der Waals surface area contributed by atoms with Crippen molar-refractivity contribution in [3.8, 4) is 5.75 Å². The van der Waals surface area contributed by atoms with Gasteiger partial charge in [-0.1, -0.05) is 42.5 Å². The Kier molecular flexibility index (Phi) is 5.23. The predicted molar refractivity (Wildman–Crippen MR) is 124 cm³/mol. The highest BCUT2D eigenvalue weighted by atomic mass is 32.1. The molecule has 1 N–H and O–H groups in total. The van der Waals surface area contributed by atoms with Crippen LogP contribution in [0.4, 0.5) is 4.79 Å². The molecule has 2 atom stereocenters. The molecule has 0 saturated carbocycles. The van der Waals surface area contributed by atoms with Crippen LogP contribution < -0.4 is 10.1 Å². The number of benzene rings is 2. The van der Waals surface area contributed by atoms with Gasteiger partial charge in [-0.05, 0) is 53.6 Å². The summed E-state index contributed by atoms with van der Waals surface area (Å²) in [6.45, 7) is 2.77. The van der Waals surface area contributed by atoms with Crippen molar-refractivity contribution in [1.82, 2.24) is 15.1 Å². The molecule has 1 aromatic heterocycles. The van der Waals surface area contributed by atoms with Crippen LogP contribution in [0.1, 0.15) is 34.5 Å². The first-order valence-corrected chi connectivity index (χ1v) is 11.5. The zero-order valence-electron chi connectivity index (χ0n) is 18.1. The summed E-state index contributed by atoms with van der Waals surface area (Å²) in [4.78, 5) is 31.4. The number of amides is 3. The van der Waals surface area contributed by atoms with Gasteiger partial charge in [-0.25, -0.2) is 9.69 Å². The van der Waals surface area contributed by atoms with Crippen molar-refractivity contribution in [2.45, 2.75) is 24.9 Å². The number of nitrogens with one attached hydrogen (secondary N) is 1. The van der Waals surface area contributed by atoms with Crippen molar-refractivity contribution in [3.05, 3.63) is 87.6 Å². The number of nitrogens with zero attached hydrogens (tertiary/aromatic N) is 2. The molecule has 0 aliphatic carbocycles. The smallest absolute Gasteiger partial charge is 0.326 e. The Bertz CT molecular complexity index is 1160. The number of rotatable bonds is 5. The van der Waals surface area contributed by atoms with Gasteiger partial charge in [0.05, 0.1) is 19.8 Å². The lowest BCUT2D eigenvalue weighted by molar-refractivity contribution is -0.132. The van der Waals surface area contributed by atoms with Crippen molar-refractivity contribution in [1.29, 1.82) is 0 Å². The van der Waals surface area contributed by atoms with Gasteiger partial charge in [0.2, 0.25) is 0 Å². The summed E-state index contributed by atoms with van der Waals surface area (Å²) in [5.74, 6) is 0.396. The van der Waals surface area contributed by atoms with Gasteiger partial charge in [-0.2, -0.15) is 0 Å². The fourth-order valence-corrected chi connectivity index (χ4v) is 5.59. The molecule has 2 aliphatic heterocycles. The zero-order valence-corrected chi connectivity index (χ0v) is 18.9. The normalized spacial score (nSPS) is 23.2. The highest BCUT2D eigenvalue weighted by molar-refractivity contribution is 7.10. The van der Waals surface area contributed by atoms with Gasteiger partial charge in [-0.3, -0.25) is 9.69 Å². The molecular formula is C25H25N3O3S. The van der Waals surface area contributed by atoms with Crippen LogP contribution in [-0.2, 0) is 16.8 Å². The summed E-state index contributed by atoms with van der Waals surface area (Å²) in [6, 6.07) is 19.4. The van der Waals surface area contributed by atoms with Crippen molar-refractivity contribution >= 4 is 23.3 Å². The SMILES string of the molecule is COc1cccc(C2(C)NC(=O)N(CN3CCc4sccc4C3c3ccccc3)C2=O)c1. The van der Waals surface area contributed by atoms with Crippen LogP contribution in [0.5, 0.6) is 5.75 Å². The molecule has 6 nitrogen and oxygen atoms in total. The highest BCUT2D eigenvalue weighted by Gasteiger charge is 2.50. The maximum absolute atomic E-state index is 13.5. The summed E-state index contributed by atoms with van der Waals surface area (Å²) >= 11 is 1.77. The molecule has 2 unspecified atom stereocenters. The number of hydrogen-bond donors (Lipinski definition) is 1. The first-order valence-electron chi connectivity index (χ1n) is 10.6. The standard InChI is InChI=1S/C25H25N3O3S/c1-25(18-9-6-10-19(15-18)31-2)23(29)28(24(30)26-25)16-27-13-11-21-20(12-14-32-21)22(27)17-7-4-3-5-8-17/h3-10,12,14-15,22H,11,13,16H2,1-2H3,(H,26,30). The summed E-state index contributed by atoms with van der Waals surface area (Å²) in [6.07, 6.45) is 0.910. The van der Waals surface area contributed by atoms with E-state index in [1.54, 1.807) is 31.4 Å². The fourth-order valence-electron chi connectivity index (χ4n) is 4.68. The van der Waals surface area contributed by atoms with Gasteiger partial charge >= 0.3 is 6.03 Å². The lowest BCUT2D eigenvalue weighted by atomic mass is 9.91. The van der Waals surface area contributed by atoms with E-state index in [1.807, 2.05) is 36.4 Å². The molecule has 164 valence electrons. The van der Waals surface area contributed by atoms with Crippen LogP contribution in [0.2, 0.25) is 0 Å². The fraction of sp³-hybridized carbons (Fsp3) is 0.280. The number of fused-ring (bicyclic) bond motifs is 1. The molecule has 2 aliphatic rings. The number of imide groups is 1.